The van der Waals surface area contributed by atoms with Crippen LogP contribution in [0.4, 0.5) is 4.39 Å². The fourth-order valence-corrected chi connectivity index (χ4v) is 3.45. The number of nitrogens with zero attached hydrogens (tertiary/aromatic N) is 1. The van der Waals surface area contributed by atoms with E-state index in [9.17, 15) is 18.8 Å². The Morgan fingerprint density at radius 3 is 2.45 bits per heavy atom. The van der Waals surface area contributed by atoms with Crippen molar-refractivity contribution in [3.63, 3.8) is 0 Å². The molecule has 1 aliphatic rings. The second-order valence-corrected chi connectivity index (χ2v) is 7.32. The van der Waals surface area contributed by atoms with Gasteiger partial charge in [0.1, 0.15) is 5.82 Å². The predicted octanol–water partition coefficient (Wildman–Crippen LogP) is 2.84. The monoisotopic (exact) mass is 428 g/mol. The molecule has 0 radical (unpaired) electrons. The standard InChI is InChI=1S/C23H25FN2O5/c1-15(27)16-7-8-20(21(13-16)30-2)31-14-22(28)25-17-9-11-26(12-10-17)23(29)18-5-3-4-6-19(18)24/h3-8,13,17H,9-12,14H2,1-2H3,(H,25,28). The number of rotatable bonds is 7. The molecule has 164 valence electrons. The normalized spacial score (nSPS) is 14.1. The van der Waals surface area contributed by atoms with Crippen molar-refractivity contribution in [3.05, 3.63) is 59.4 Å². The van der Waals surface area contributed by atoms with Crippen LogP contribution < -0.4 is 14.8 Å². The van der Waals surface area contributed by atoms with Crippen LogP contribution in [-0.4, -0.2) is 55.3 Å². The van der Waals surface area contributed by atoms with E-state index >= 15 is 0 Å². The van der Waals surface area contributed by atoms with Gasteiger partial charge < -0.3 is 19.7 Å². The van der Waals surface area contributed by atoms with Gasteiger partial charge in [-0.15, -0.1) is 0 Å². The SMILES string of the molecule is COc1cc(C(C)=O)ccc1OCC(=O)NC1CCN(C(=O)c2ccccc2F)CC1. The third-order valence-electron chi connectivity index (χ3n) is 5.18. The lowest BCUT2D eigenvalue weighted by molar-refractivity contribution is -0.124. The number of benzene rings is 2. The van der Waals surface area contributed by atoms with Crippen LogP contribution in [-0.2, 0) is 4.79 Å². The Labute approximate surface area is 180 Å². The van der Waals surface area contributed by atoms with Crippen molar-refractivity contribution in [2.45, 2.75) is 25.8 Å². The highest BCUT2D eigenvalue weighted by Crippen LogP contribution is 2.28. The molecule has 0 unspecified atom stereocenters. The summed E-state index contributed by atoms with van der Waals surface area (Å²) in [6.07, 6.45) is 1.14. The molecule has 1 fully saturated rings. The summed E-state index contributed by atoms with van der Waals surface area (Å²) in [7, 11) is 1.46. The third kappa shape index (κ3) is 5.59. The van der Waals surface area contributed by atoms with Crippen LogP contribution in [0.25, 0.3) is 0 Å². The molecule has 0 aromatic heterocycles. The number of piperidine rings is 1. The van der Waals surface area contributed by atoms with Crippen LogP contribution >= 0.6 is 0 Å². The number of hydrogen-bond acceptors (Lipinski definition) is 5. The van der Waals surface area contributed by atoms with Crippen LogP contribution in [0.3, 0.4) is 0 Å². The molecule has 1 aliphatic heterocycles. The highest BCUT2D eigenvalue weighted by molar-refractivity contribution is 5.95. The predicted molar refractivity (Wildman–Crippen MR) is 112 cm³/mol. The number of carbonyl (C=O) groups is 3. The number of methoxy groups -OCH3 is 1. The Morgan fingerprint density at radius 2 is 1.81 bits per heavy atom. The second kappa shape index (κ2) is 10.1. The van der Waals surface area contributed by atoms with Gasteiger partial charge in [0.2, 0.25) is 0 Å². The molecule has 1 saturated heterocycles. The zero-order valence-corrected chi connectivity index (χ0v) is 17.5. The fourth-order valence-electron chi connectivity index (χ4n) is 3.45. The quantitative estimate of drug-likeness (QED) is 0.686. The maximum atomic E-state index is 13.8. The highest BCUT2D eigenvalue weighted by atomic mass is 19.1. The molecule has 8 heteroatoms. The molecule has 7 nitrogen and oxygen atoms in total. The lowest BCUT2D eigenvalue weighted by Crippen LogP contribution is -2.47. The largest absolute Gasteiger partial charge is 0.493 e. The molecule has 0 atom stereocenters. The van der Waals surface area contributed by atoms with Crippen molar-refractivity contribution in [3.8, 4) is 11.5 Å². The van der Waals surface area contributed by atoms with E-state index in [4.69, 9.17) is 9.47 Å². The summed E-state index contributed by atoms with van der Waals surface area (Å²) in [4.78, 5) is 37.8. The first-order valence-electron chi connectivity index (χ1n) is 10.0. The first kappa shape index (κ1) is 22.3. The van der Waals surface area contributed by atoms with Gasteiger partial charge in [-0.05, 0) is 50.1 Å². The van der Waals surface area contributed by atoms with E-state index in [0.717, 1.165) is 0 Å². The molecule has 0 saturated carbocycles. The molecular weight excluding hydrogens is 403 g/mol. The average Bonchev–Trinajstić information content (AvgIpc) is 2.78. The number of ether oxygens (including phenoxy) is 2. The van der Waals surface area contributed by atoms with Gasteiger partial charge >= 0.3 is 0 Å². The lowest BCUT2D eigenvalue weighted by Gasteiger charge is -2.32. The molecule has 31 heavy (non-hydrogen) atoms. The number of halogens is 1. The minimum atomic E-state index is -0.535. The molecule has 0 aliphatic carbocycles. The minimum absolute atomic E-state index is 0.0584. The first-order valence-corrected chi connectivity index (χ1v) is 10.0. The maximum absolute atomic E-state index is 13.8. The van der Waals surface area contributed by atoms with E-state index in [1.54, 1.807) is 35.2 Å². The van der Waals surface area contributed by atoms with E-state index in [1.807, 2.05) is 0 Å². The van der Waals surface area contributed by atoms with Crippen molar-refractivity contribution in [2.24, 2.45) is 0 Å². The van der Waals surface area contributed by atoms with Gasteiger partial charge in [-0.25, -0.2) is 4.39 Å². The number of nitrogens with one attached hydrogen (secondary N) is 1. The zero-order chi connectivity index (χ0) is 22.4. The molecular formula is C23H25FN2O5. The van der Waals surface area contributed by atoms with E-state index < -0.39 is 5.82 Å². The summed E-state index contributed by atoms with van der Waals surface area (Å²) < 4.78 is 24.6. The Balaban J connectivity index is 1.48. The summed E-state index contributed by atoms with van der Waals surface area (Å²) in [5.74, 6) is -0.522. The summed E-state index contributed by atoms with van der Waals surface area (Å²) in [5.41, 5.74) is 0.550. The summed E-state index contributed by atoms with van der Waals surface area (Å²) in [6.45, 7) is 2.11. The van der Waals surface area contributed by atoms with Gasteiger partial charge in [0.05, 0.1) is 12.7 Å². The molecule has 0 bridgehead atoms. The molecule has 3 rings (SSSR count). The van der Waals surface area contributed by atoms with Crippen molar-refractivity contribution < 1.29 is 28.2 Å². The summed E-state index contributed by atoms with van der Waals surface area (Å²) in [6, 6.07) is 10.6. The summed E-state index contributed by atoms with van der Waals surface area (Å²) >= 11 is 0. The van der Waals surface area contributed by atoms with Crippen molar-refractivity contribution in [1.29, 1.82) is 0 Å². The molecule has 1 N–H and O–H groups in total. The van der Waals surface area contributed by atoms with Crippen LogP contribution in [0.15, 0.2) is 42.5 Å². The molecule has 1 heterocycles. The number of carbonyl (C=O) groups excluding carboxylic acids is 3. The average molecular weight is 428 g/mol. The third-order valence-corrected chi connectivity index (χ3v) is 5.18. The van der Waals surface area contributed by atoms with Gasteiger partial charge in [-0.3, -0.25) is 14.4 Å². The van der Waals surface area contributed by atoms with Gasteiger partial charge in [0.15, 0.2) is 23.9 Å². The first-order chi connectivity index (χ1) is 14.9. The molecule has 2 aromatic carbocycles. The van der Waals surface area contributed by atoms with Crippen molar-refractivity contribution in [1.82, 2.24) is 10.2 Å². The molecule has 0 spiro atoms. The van der Waals surface area contributed by atoms with Crippen LogP contribution in [0.2, 0.25) is 0 Å². The van der Waals surface area contributed by atoms with Crippen LogP contribution in [0.5, 0.6) is 11.5 Å². The Bertz CT molecular complexity index is 970. The Morgan fingerprint density at radius 1 is 1.10 bits per heavy atom. The van der Waals surface area contributed by atoms with E-state index in [-0.39, 0.29) is 35.8 Å². The van der Waals surface area contributed by atoms with E-state index in [0.29, 0.717) is 43.0 Å². The van der Waals surface area contributed by atoms with Gasteiger partial charge in [0.25, 0.3) is 11.8 Å². The Kier molecular flexibility index (Phi) is 7.23. The molecule has 2 amide bonds. The van der Waals surface area contributed by atoms with Crippen LogP contribution in [0.1, 0.15) is 40.5 Å². The Hall–Kier alpha value is -3.42. The van der Waals surface area contributed by atoms with Crippen molar-refractivity contribution in [2.75, 3.05) is 26.8 Å². The van der Waals surface area contributed by atoms with Gasteiger partial charge in [-0.2, -0.15) is 0 Å². The van der Waals surface area contributed by atoms with E-state index in [2.05, 4.69) is 5.32 Å². The molecule has 2 aromatic rings. The number of ketones is 1. The van der Waals surface area contributed by atoms with Crippen molar-refractivity contribution >= 4 is 17.6 Å². The number of amides is 2. The minimum Gasteiger partial charge on any atom is -0.493 e. The number of Topliss-reactive ketones (excluding diaryl/α,β-unsaturated/α-hetero) is 1. The lowest BCUT2D eigenvalue weighted by atomic mass is 10.0. The van der Waals surface area contributed by atoms with Gasteiger partial charge in [-0.1, -0.05) is 12.1 Å². The van der Waals surface area contributed by atoms with Crippen LogP contribution in [0, 0.1) is 5.82 Å². The number of likely N-dealkylation sites (tertiary alicyclic amines) is 1. The smallest absolute Gasteiger partial charge is 0.258 e. The summed E-state index contributed by atoms with van der Waals surface area (Å²) in [5, 5.41) is 2.90. The highest BCUT2D eigenvalue weighted by Gasteiger charge is 2.26. The number of hydrogen-bond donors (Lipinski definition) is 1. The topological polar surface area (TPSA) is 84.9 Å². The maximum Gasteiger partial charge on any atom is 0.258 e. The fraction of sp³-hybridized carbons (Fsp3) is 0.348. The van der Waals surface area contributed by atoms with E-state index in [1.165, 1.54) is 26.2 Å². The van der Waals surface area contributed by atoms with Gasteiger partial charge in [0, 0.05) is 24.7 Å². The zero-order valence-electron chi connectivity index (χ0n) is 17.5. The second-order valence-electron chi connectivity index (χ2n) is 7.32.